The number of carbonyl (C=O) groups excluding carboxylic acids is 1. The van der Waals surface area contributed by atoms with E-state index in [1.165, 1.54) is 18.2 Å². The van der Waals surface area contributed by atoms with Gasteiger partial charge in [-0.15, -0.1) is 0 Å². The number of nitrogens with zero attached hydrogens (tertiary/aromatic N) is 1. The van der Waals surface area contributed by atoms with E-state index in [4.69, 9.17) is 27.9 Å². The molecule has 0 aliphatic carbocycles. The second kappa shape index (κ2) is 12.1. The predicted molar refractivity (Wildman–Crippen MR) is 133 cm³/mol. The molecule has 1 saturated heterocycles. The lowest BCUT2D eigenvalue weighted by Gasteiger charge is -2.25. The number of ether oxygens (including phenoxy) is 1. The lowest BCUT2D eigenvalue weighted by Crippen LogP contribution is -2.51. The number of aliphatic carboxylic acids is 1. The molecule has 1 amide bonds. The third-order valence-electron chi connectivity index (χ3n) is 5.69. The van der Waals surface area contributed by atoms with Crippen LogP contribution >= 0.6 is 23.2 Å². The number of hydrogen-bond acceptors (Lipinski definition) is 5. The van der Waals surface area contributed by atoms with E-state index in [1.54, 1.807) is 24.3 Å². The minimum atomic E-state index is -4.07. The standard InChI is InChI=1S/C24H28Cl2N2O6S/c1-2-3-11-34-19-8-6-16(7-9-19)12-21(24(30)31)27-23(29)22-5-4-10-28(22)35(32,33)20-14-17(25)13-18(26)15-20/h6-9,13-15,21-22H,2-5,10-12H2,1H3,(H,27,29)(H,30,31)/t21-,22-/m0/s1. The lowest BCUT2D eigenvalue weighted by molar-refractivity contribution is -0.142. The highest BCUT2D eigenvalue weighted by Gasteiger charge is 2.40. The monoisotopic (exact) mass is 542 g/mol. The Balaban J connectivity index is 1.70. The molecule has 8 nitrogen and oxygen atoms in total. The fourth-order valence-electron chi connectivity index (χ4n) is 3.86. The quantitative estimate of drug-likeness (QED) is 0.412. The number of halogens is 2. The molecule has 1 aliphatic rings. The van der Waals surface area contributed by atoms with Crippen molar-refractivity contribution in [3.63, 3.8) is 0 Å². The third-order valence-corrected chi connectivity index (χ3v) is 8.02. The van der Waals surface area contributed by atoms with Crippen molar-refractivity contribution in [2.24, 2.45) is 0 Å². The van der Waals surface area contributed by atoms with Crippen molar-refractivity contribution >= 4 is 45.1 Å². The van der Waals surface area contributed by atoms with Crippen LogP contribution in [0.1, 0.15) is 38.2 Å². The lowest BCUT2D eigenvalue weighted by atomic mass is 10.1. The second-order valence-electron chi connectivity index (χ2n) is 8.33. The van der Waals surface area contributed by atoms with Gasteiger partial charge in [0.05, 0.1) is 11.5 Å². The van der Waals surface area contributed by atoms with Crippen molar-refractivity contribution in [2.75, 3.05) is 13.2 Å². The Labute approximate surface area is 215 Å². The summed E-state index contributed by atoms with van der Waals surface area (Å²) in [6, 6.07) is 8.71. The first kappa shape index (κ1) is 27.3. The van der Waals surface area contributed by atoms with E-state index in [2.05, 4.69) is 12.2 Å². The average molecular weight is 543 g/mol. The largest absolute Gasteiger partial charge is 0.494 e. The maximum Gasteiger partial charge on any atom is 0.326 e. The summed E-state index contributed by atoms with van der Waals surface area (Å²) in [4.78, 5) is 24.8. The van der Waals surface area contributed by atoms with Crippen molar-refractivity contribution in [3.05, 3.63) is 58.1 Å². The van der Waals surface area contributed by atoms with Gasteiger partial charge in [0.2, 0.25) is 15.9 Å². The van der Waals surface area contributed by atoms with E-state index >= 15 is 0 Å². The number of carboxylic acid groups (broad SMARTS) is 1. The van der Waals surface area contributed by atoms with E-state index in [-0.39, 0.29) is 34.3 Å². The fraction of sp³-hybridized carbons (Fsp3) is 0.417. The molecule has 0 bridgehead atoms. The molecule has 190 valence electrons. The van der Waals surface area contributed by atoms with Crippen LogP contribution in [-0.4, -0.2) is 54.9 Å². The Kier molecular flexibility index (Phi) is 9.40. The zero-order valence-corrected chi connectivity index (χ0v) is 21.6. The normalized spacial score (nSPS) is 17.2. The van der Waals surface area contributed by atoms with Crippen LogP contribution in [0.5, 0.6) is 5.75 Å². The summed E-state index contributed by atoms with van der Waals surface area (Å²) in [5, 5.41) is 12.5. The molecule has 2 aromatic carbocycles. The van der Waals surface area contributed by atoms with Crippen LogP contribution < -0.4 is 10.1 Å². The number of benzene rings is 2. The molecule has 0 aromatic heterocycles. The Bertz CT molecular complexity index is 1140. The summed E-state index contributed by atoms with van der Waals surface area (Å²) in [7, 11) is -4.07. The van der Waals surface area contributed by atoms with Gasteiger partial charge in [-0.3, -0.25) is 4.79 Å². The van der Waals surface area contributed by atoms with E-state index in [1.807, 2.05) is 0 Å². The van der Waals surface area contributed by atoms with Gasteiger partial charge >= 0.3 is 5.97 Å². The maximum absolute atomic E-state index is 13.2. The number of rotatable bonds is 11. The topological polar surface area (TPSA) is 113 Å². The van der Waals surface area contributed by atoms with E-state index in [0.29, 0.717) is 24.3 Å². The van der Waals surface area contributed by atoms with E-state index in [9.17, 15) is 23.1 Å². The summed E-state index contributed by atoms with van der Waals surface area (Å²) >= 11 is 11.9. The molecular formula is C24H28Cl2N2O6S. The molecule has 1 heterocycles. The summed E-state index contributed by atoms with van der Waals surface area (Å²) in [5.41, 5.74) is 0.699. The smallest absolute Gasteiger partial charge is 0.326 e. The molecular weight excluding hydrogens is 515 g/mol. The van der Waals surface area contributed by atoms with Crippen LogP contribution in [-0.2, 0) is 26.0 Å². The molecule has 35 heavy (non-hydrogen) atoms. The number of carbonyl (C=O) groups is 2. The SMILES string of the molecule is CCCCOc1ccc(C[C@H](NC(=O)[C@@H]2CCCN2S(=O)(=O)c2cc(Cl)cc(Cl)c2)C(=O)O)cc1. The van der Waals surface area contributed by atoms with Crippen LogP contribution in [0.25, 0.3) is 0 Å². The van der Waals surface area contributed by atoms with Gasteiger partial charge in [-0.25, -0.2) is 13.2 Å². The zero-order chi connectivity index (χ0) is 25.6. The molecule has 3 rings (SSSR count). The Morgan fingerprint density at radius 3 is 2.43 bits per heavy atom. The Morgan fingerprint density at radius 1 is 1.17 bits per heavy atom. The summed E-state index contributed by atoms with van der Waals surface area (Å²) < 4.78 is 33.1. The van der Waals surface area contributed by atoms with Gasteiger partial charge < -0.3 is 15.2 Å². The number of hydrogen-bond donors (Lipinski definition) is 2. The number of amides is 1. The van der Waals surface area contributed by atoms with Crippen molar-refractivity contribution in [1.29, 1.82) is 0 Å². The van der Waals surface area contributed by atoms with Crippen LogP contribution in [0.4, 0.5) is 0 Å². The average Bonchev–Trinajstić information content (AvgIpc) is 3.30. The van der Waals surface area contributed by atoms with Crippen molar-refractivity contribution in [3.8, 4) is 5.75 Å². The highest BCUT2D eigenvalue weighted by atomic mass is 35.5. The molecule has 2 atom stereocenters. The molecule has 0 saturated carbocycles. The highest BCUT2D eigenvalue weighted by molar-refractivity contribution is 7.89. The van der Waals surface area contributed by atoms with Crippen LogP contribution in [0, 0.1) is 0 Å². The van der Waals surface area contributed by atoms with Crippen molar-refractivity contribution in [2.45, 2.75) is 56.0 Å². The van der Waals surface area contributed by atoms with Crippen LogP contribution in [0.15, 0.2) is 47.4 Å². The van der Waals surface area contributed by atoms with Gasteiger partial charge in [0.1, 0.15) is 17.8 Å². The van der Waals surface area contributed by atoms with Crippen molar-refractivity contribution < 1.29 is 27.9 Å². The minimum absolute atomic E-state index is 0.0414. The second-order valence-corrected chi connectivity index (χ2v) is 11.1. The van der Waals surface area contributed by atoms with Crippen LogP contribution in [0.3, 0.4) is 0 Å². The van der Waals surface area contributed by atoms with Crippen LogP contribution in [0.2, 0.25) is 10.0 Å². The first-order valence-electron chi connectivity index (χ1n) is 11.3. The summed E-state index contributed by atoms with van der Waals surface area (Å²) in [6.07, 6.45) is 2.73. The Hall–Kier alpha value is -2.33. The van der Waals surface area contributed by atoms with Gasteiger partial charge in [0, 0.05) is 23.0 Å². The summed E-state index contributed by atoms with van der Waals surface area (Å²) in [5.74, 6) is -1.19. The molecule has 2 N–H and O–H groups in total. The summed E-state index contributed by atoms with van der Waals surface area (Å²) in [6.45, 7) is 2.80. The van der Waals surface area contributed by atoms with Gasteiger partial charge in [-0.05, 0) is 55.2 Å². The fourth-order valence-corrected chi connectivity index (χ4v) is 6.25. The van der Waals surface area contributed by atoms with E-state index < -0.39 is 34.0 Å². The van der Waals surface area contributed by atoms with Gasteiger partial charge in [0.15, 0.2) is 0 Å². The molecule has 1 aliphatic heterocycles. The molecule has 11 heteroatoms. The highest BCUT2D eigenvalue weighted by Crippen LogP contribution is 2.30. The van der Waals surface area contributed by atoms with E-state index in [0.717, 1.165) is 17.1 Å². The van der Waals surface area contributed by atoms with Crippen molar-refractivity contribution in [1.82, 2.24) is 9.62 Å². The molecule has 0 radical (unpaired) electrons. The van der Waals surface area contributed by atoms with Gasteiger partial charge in [-0.2, -0.15) is 4.31 Å². The molecule has 2 aromatic rings. The zero-order valence-electron chi connectivity index (χ0n) is 19.2. The van der Waals surface area contributed by atoms with Gasteiger partial charge in [-0.1, -0.05) is 48.7 Å². The molecule has 0 spiro atoms. The minimum Gasteiger partial charge on any atom is -0.494 e. The molecule has 1 fully saturated rings. The number of nitrogens with one attached hydrogen (secondary N) is 1. The predicted octanol–water partition coefficient (Wildman–Crippen LogP) is 4.14. The first-order chi connectivity index (χ1) is 16.6. The third kappa shape index (κ3) is 7.10. The molecule has 0 unspecified atom stereocenters. The van der Waals surface area contributed by atoms with Gasteiger partial charge in [0.25, 0.3) is 0 Å². The first-order valence-corrected chi connectivity index (χ1v) is 13.5. The Morgan fingerprint density at radius 2 is 1.83 bits per heavy atom. The number of unbranched alkanes of at least 4 members (excludes halogenated alkanes) is 1. The number of carboxylic acids is 1. The number of sulfonamides is 1. The maximum atomic E-state index is 13.2.